The standard InChI is InChI=1S/C6H8O/c1-2-4-6-5(3-1)7-6/h1,3,5-6H,2,4H2/t5-,6-/m1/s1. The van der Waals surface area contributed by atoms with E-state index in [1.807, 2.05) is 0 Å². The molecule has 1 saturated heterocycles. The van der Waals surface area contributed by atoms with Gasteiger partial charge in [-0.05, 0) is 12.8 Å². The Kier molecular flexibility index (Phi) is 0.577. The Morgan fingerprint density at radius 1 is 1.57 bits per heavy atom. The molecule has 0 bridgehead atoms. The number of ether oxygens (including phenoxy) is 1. The monoisotopic (exact) mass is 96.1 g/mol. The lowest BCUT2D eigenvalue weighted by Gasteiger charge is -1.91. The summed E-state index contributed by atoms with van der Waals surface area (Å²) in [5.74, 6) is 0. The Balaban J connectivity index is 2.14. The zero-order chi connectivity index (χ0) is 4.69. The van der Waals surface area contributed by atoms with Gasteiger partial charge in [-0.15, -0.1) is 0 Å². The summed E-state index contributed by atoms with van der Waals surface area (Å²) in [6.07, 6.45) is 7.98. The van der Waals surface area contributed by atoms with E-state index in [-0.39, 0.29) is 0 Å². The molecular weight excluding hydrogens is 88.1 g/mol. The van der Waals surface area contributed by atoms with Crippen molar-refractivity contribution in [3.05, 3.63) is 12.2 Å². The maximum atomic E-state index is 5.19. The second-order valence-electron chi connectivity index (χ2n) is 2.14. The molecule has 0 aromatic rings. The lowest BCUT2D eigenvalue weighted by atomic mass is 10.1. The van der Waals surface area contributed by atoms with E-state index < -0.39 is 0 Å². The molecule has 2 atom stereocenters. The molecule has 1 heteroatoms. The molecule has 1 aliphatic carbocycles. The molecular formula is C6H8O. The SMILES string of the molecule is C1=C[C@H]2O[C@@H]2CC1. The van der Waals surface area contributed by atoms with E-state index in [0.29, 0.717) is 12.2 Å². The average Bonchev–Trinajstić information content (AvgIpc) is 2.41. The minimum Gasteiger partial charge on any atom is -0.365 e. The first-order chi connectivity index (χ1) is 3.47. The molecule has 2 rings (SSSR count). The third kappa shape index (κ3) is 0.484. The van der Waals surface area contributed by atoms with E-state index in [2.05, 4.69) is 12.2 Å². The molecule has 1 fully saturated rings. The molecule has 38 valence electrons. The number of rotatable bonds is 0. The van der Waals surface area contributed by atoms with E-state index in [4.69, 9.17) is 4.74 Å². The van der Waals surface area contributed by atoms with Crippen LogP contribution >= 0.6 is 0 Å². The molecule has 7 heavy (non-hydrogen) atoms. The van der Waals surface area contributed by atoms with Gasteiger partial charge < -0.3 is 4.74 Å². The van der Waals surface area contributed by atoms with Crippen LogP contribution in [0.3, 0.4) is 0 Å². The van der Waals surface area contributed by atoms with Crippen LogP contribution < -0.4 is 0 Å². The summed E-state index contributed by atoms with van der Waals surface area (Å²) in [4.78, 5) is 0. The minimum atomic E-state index is 0.522. The Labute approximate surface area is 43.0 Å². The van der Waals surface area contributed by atoms with Crippen LogP contribution in [0, 0.1) is 0 Å². The molecule has 0 saturated carbocycles. The lowest BCUT2D eigenvalue weighted by molar-refractivity contribution is 0.385. The van der Waals surface area contributed by atoms with Crippen LogP contribution in [0.1, 0.15) is 12.8 Å². The van der Waals surface area contributed by atoms with Gasteiger partial charge in [-0.1, -0.05) is 12.2 Å². The second-order valence-corrected chi connectivity index (χ2v) is 2.14. The van der Waals surface area contributed by atoms with Crippen LogP contribution in [-0.4, -0.2) is 12.2 Å². The van der Waals surface area contributed by atoms with Gasteiger partial charge in [0, 0.05) is 0 Å². The van der Waals surface area contributed by atoms with Gasteiger partial charge in [-0.3, -0.25) is 0 Å². The van der Waals surface area contributed by atoms with Crippen molar-refractivity contribution in [2.75, 3.05) is 0 Å². The molecule has 0 spiro atoms. The van der Waals surface area contributed by atoms with Gasteiger partial charge in [0.2, 0.25) is 0 Å². The van der Waals surface area contributed by atoms with Crippen molar-refractivity contribution < 1.29 is 4.74 Å². The van der Waals surface area contributed by atoms with Gasteiger partial charge in [-0.25, -0.2) is 0 Å². The molecule has 0 aromatic carbocycles. The van der Waals surface area contributed by atoms with Crippen molar-refractivity contribution >= 4 is 0 Å². The zero-order valence-electron chi connectivity index (χ0n) is 4.13. The van der Waals surface area contributed by atoms with Crippen LogP contribution in [0.2, 0.25) is 0 Å². The molecule has 0 radical (unpaired) electrons. The van der Waals surface area contributed by atoms with Crippen molar-refractivity contribution in [1.82, 2.24) is 0 Å². The molecule has 2 aliphatic rings. The number of fused-ring (bicyclic) bond motifs is 1. The topological polar surface area (TPSA) is 12.5 Å². The van der Waals surface area contributed by atoms with Crippen LogP contribution in [-0.2, 0) is 4.74 Å². The zero-order valence-corrected chi connectivity index (χ0v) is 4.13. The number of hydrogen-bond acceptors (Lipinski definition) is 1. The van der Waals surface area contributed by atoms with E-state index in [9.17, 15) is 0 Å². The summed E-state index contributed by atoms with van der Waals surface area (Å²) in [6.45, 7) is 0. The minimum absolute atomic E-state index is 0.522. The van der Waals surface area contributed by atoms with Crippen LogP contribution in [0.5, 0.6) is 0 Å². The van der Waals surface area contributed by atoms with Crippen molar-refractivity contribution in [1.29, 1.82) is 0 Å². The van der Waals surface area contributed by atoms with Crippen molar-refractivity contribution in [3.63, 3.8) is 0 Å². The molecule has 1 aliphatic heterocycles. The van der Waals surface area contributed by atoms with Gasteiger partial charge in [0.15, 0.2) is 0 Å². The quantitative estimate of drug-likeness (QED) is 0.325. The maximum Gasteiger partial charge on any atom is 0.102 e. The van der Waals surface area contributed by atoms with Gasteiger partial charge in [0.05, 0.1) is 6.10 Å². The van der Waals surface area contributed by atoms with Gasteiger partial charge >= 0.3 is 0 Å². The van der Waals surface area contributed by atoms with E-state index >= 15 is 0 Å². The number of allylic oxidation sites excluding steroid dienone is 1. The summed E-state index contributed by atoms with van der Waals surface area (Å²) in [5.41, 5.74) is 0. The first kappa shape index (κ1) is 3.67. The predicted octanol–water partition coefficient (Wildman–Crippen LogP) is 1.10. The van der Waals surface area contributed by atoms with Crippen LogP contribution in [0.25, 0.3) is 0 Å². The fourth-order valence-electron chi connectivity index (χ4n) is 1.05. The summed E-state index contributed by atoms with van der Waals surface area (Å²) in [6, 6.07) is 0. The summed E-state index contributed by atoms with van der Waals surface area (Å²) < 4.78 is 5.19. The highest BCUT2D eigenvalue weighted by molar-refractivity contribution is 5.07. The predicted molar refractivity (Wildman–Crippen MR) is 27.0 cm³/mol. The van der Waals surface area contributed by atoms with Gasteiger partial charge in [0.1, 0.15) is 6.10 Å². The highest BCUT2D eigenvalue weighted by Crippen LogP contribution is 2.31. The summed E-state index contributed by atoms with van der Waals surface area (Å²) in [5, 5.41) is 0. The highest BCUT2D eigenvalue weighted by atomic mass is 16.6. The third-order valence-electron chi connectivity index (χ3n) is 1.57. The average molecular weight is 96.1 g/mol. The van der Waals surface area contributed by atoms with E-state index in [1.165, 1.54) is 12.8 Å². The molecule has 0 N–H and O–H groups in total. The van der Waals surface area contributed by atoms with Gasteiger partial charge in [0.25, 0.3) is 0 Å². The fraction of sp³-hybridized carbons (Fsp3) is 0.667. The second kappa shape index (κ2) is 1.10. The Morgan fingerprint density at radius 3 is 3.14 bits per heavy atom. The third-order valence-corrected chi connectivity index (χ3v) is 1.57. The van der Waals surface area contributed by atoms with E-state index in [1.54, 1.807) is 0 Å². The van der Waals surface area contributed by atoms with Crippen molar-refractivity contribution in [3.8, 4) is 0 Å². The largest absolute Gasteiger partial charge is 0.365 e. The highest BCUT2D eigenvalue weighted by Gasteiger charge is 2.37. The Hall–Kier alpha value is -0.300. The van der Waals surface area contributed by atoms with Crippen LogP contribution in [0.15, 0.2) is 12.2 Å². The number of hydrogen-bond donors (Lipinski definition) is 0. The van der Waals surface area contributed by atoms with Gasteiger partial charge in [-0.2, -0.15) is 0 Å². The Morgan fingerprint density at radius 2 is 2.57 bits per heavy atom. The maximum absolute atomic E-state index is 5.19. The summed E-state index contributed by atoms with van der Waals surface area (Å²) >= 11 is 0. The first-order valence-electron chi connectivity index (χ1n) is 2.79. The normalized spacial score (nSPS) is 45.7. The van der Waals surface area contributed by atoms with E-state index in [0.717, 1.165) is 0 Å². The van der Waals surface area contributed by atoms with Crippen molar-refractivity contribution in [2.45, 2.75) is 25.0 Å². The lowest BCUT2D eigenvalue weighted by Crippen LogP contribution is -1.93. The molecule has 0 amide bonds. The first-order valence-corrected chi connectivity index (χ1v) is 2.79. The number of epoxide rings is 1. The smallest absolute Gasteiger partial charge is 0.102 e. The molecule has 1 heterocycles. The molecule has 0 aromatic heterocycles. The fourth-order valence-corrected chi connectivity index (χ4v) is 1.05. The van der Waals surface area contributed by atoms with Crippen molar-refractivity contribution in [2.24, 2.45) is 0 Å². The van der Waals surface area contributed by atoms with Crippen LogP contribution in [0.4, 0.5) is 0 Å². The Bertz CT molecular complexity index is 107. The molecule has 0 unspecified atom stereocenters. The molecule has 1 nitrogen and oxygen atoms in total. The summed E-state index contributed by atoms with van der Waals surface area (Å²) in [7, 11) is 0.